The largest absolute Gasteiger partial charge is 0.340 e. The maximum Gasteiger partial charge on any atom is 0.340 e. The SMILES string of the molecule is F[Si](c1ccccc1)(c1ccccc1)c1c2ccccc2cc2ccccc12. The summed E-state index contributed by atoms with van der Waals surface area (Å²) in [7, 11) is -3.71. The molecule has 0 radical (unpaired) electrons. The second-order valence-corrected chi connectivity index (χ2v) is 10.1. The Kier molecular flexibility index (Phi) is 4.07. The van der Waals surface area contributed by atoms with Gasteiger partial charge in [0.05, 0.1) is 0 Å². The highest BCUT2D eigenvalue weighted by molar-refractivity contribution is 7.09. The molecule has 28 heavy (non-hydrogen) atoms. The van der Waals surface area contributed by atoms with Crippen molar-refractivity contribution in [1.29, 1.82) is 0 Å². The lowest BCUT2D eigenvalue weighted by Crippen LogP contribution is -2.64. The van der Waals surface area contributed by atoms with Gasteiger partial charge in [0.2, 0.25) is 0 Å². The average Bonchev–Trinajstić information content (AvgIpc) is 2.78. The van der Waals surface area contributed by atoms with Crippen LogP contribution in [0.5, 0.6) is 0 Å². The monoisotopic (exact) mass is 378 g/mol. The van der Waals surface area contributed by atoms with Crippen LogP contribution >= 0.6 is 0 Å². The summed E-state index contributed by atoms with van der Waals surface area (Å²) < 4.78 is 17.6. The fourth-order valence-corrected chi connectivity index (χ4v) is 7.59. The molecule has 0 aliphatic carbocycles. The van der Waals surface area contributed by atoms with Crippen molar-refractivity contribution in [2.75, 3.05) is 0 Å². The van der Waals surface area contributed by atoms with E-state index in [-0.39, 0.29) is 0 Å². The van der Waals surface area contributed by atoms with Crippen LogP contribution in [0.15, 0.2) is 115 Å². The summed E-state index contributed by atoms with van der Waals surface area (Å²) in [6.07, 6.45) is 0. The molecule has 0 N–H and O–H groups in total. The highest BCUT2D eigenvalue weighted by Gasteiger charge is 2.43. The lowest BCUT2D eigenvalue weighted by atomic mass is 10.0. The molecule has 5 aromatic rings. The maximum absolute atomic E-state index is 17.6. The Labute approximate surface area is 165 Å². The van der Waals surface area contributed by atoms with Crippen LogP contribution in [-0.4, -0.2) is 8.41 Å². The molecule has 0 heterocycles. The molecule has 5 rings (SSSR count). The predicted octanol–water partition coefficient (Wildman–Crippen LogP) is 4.93. The first kappa shape index (κ1) is 16.9. The van der Waals surface area contributed by atoms with Crippen LogP contribution in [0.4, 0.5) is 4.11 Å². The number of rotatable bonds is 3. The molecular formula is C26H19FSi. The molecule has 0 saturated heterocycles. The van der Waals surface area contributed by atoms with Gasteiger partial charge in [0, 0.05) is 0 Å². The standard InChI is InChI=1S/C26H19FSi/c27-28(22-13-3-1-4-14-22,23-15-5-2-6-16-23)26-24-17-9-7-11-20(24)19-21-12-8-10-18-25(21)26/h1-19H. The first-order valence-corrected chi connectivity index (χ1v) is 11.4. The summed E-state index contributed by atoms with van der Waals surface area (Å²) in [6.45, 7) is 0. The van der Waals surface area contributed by atoms with Crippen molar-refractivity contribution in [3.8, 4) is 0 Å². The number of hydrogen-bond acceptors (Lipinski definition) is 0. The minimum absolute atomic E-state index is 0.780. The number of fused-ring (bicyclic) bond motifs is 2. The fourth-order valence-electron chi connectivity index (χ4n) is 4.18. The first-order valence-electron chi connectivity index (χ1n) is 9.49. The normalized spacial score (nSPS) is 11.8. The van der Waals surface area contributed by atoms with Crippen molar-refractivity contribution < 1.29 is 4.11 Å². The second kappa shape index (κ2) is 6.74. The van der Waals surface area contributed by atoms with E-state index in [1.165, 1.54) is 0 Å². The van der Waals surface area contributed by atoms with E-state index in [0.717, 1.165) is 37.1 Å². The molecule has 5 aromatic carbocycles. The zero-order chi connectivity index (χ0) is 19.0. The predicted molar refractivity (Wildman–Crippen MR) is 120 cm³/mol. The molecule has 0 spiro atoms. The molecule has 0 amide bonds. The van der Waals surface area contributed by atoms with Crippen LogP contribution in [0.2, 0.25) is 0 Å². The van der Waals surface area contributed by atoms with Crippen LogP contribution in [-0.2, 0) is 0 Å². The van der Waals surface area contributed by atoms with Gasteiger partial charge in [-0.3, -0.25) is 4.11 Å². The quantitative estimate of drug-likeness (QED) is 0.181. The van der Waals surface area contributed by atoms with Crippen molar-refractivity contribution in [2.45, 2.75) is 0 Å². The van der Waals surface area contributed by atoms with Gasteiger partial charge in [-0.15, -0.1) is 0 Å². The molecule has 2 heteroatoms. The highest BCUT2D eigenvalue weighted by atomic mass is 28.4. The summed E-state index contributed by atoms with van der Waals surface area (Å²) in [6, 6.07) is 37.9. The van der Waals surface area contributed by atoms with Gasteiger partial charge in [-0.05, 0) is 43.2 Å². The van der Waals surface area contributed by atoms with Crippen LogP contribution in [0.1, 0.15) is 0 Å². The summed E-state index contributed by atoms with van der Waals surface area (Å²) in [4.78, 5) is 0. The van der Waals surface area contributed by atoms with E-state index in [4.69, 9.17) is 0 Å². The zero-order valence-electron chi connectivity index (χ0n) is 15.3. The third-order valence-corrected chi connectivity index (χ3v) is 8.94. The van der Waals surface area contributed by atoms with E-state index in [2.05, 4.69) is 30.3 Å². The summed E-state index contributed by atoms with van der Waals surface area (Å²) in [5, 5.41) is 6.57. The average molecular weight is 379 g/mol. The lowest BCUT2D eigenvalue weighted by molar-refractivity contribution is 0.843. The second-order valence-electron chi connectivity index (χ2n) is 7.08. The topological polar surface area (TPSA) is 0 Å². The van der Waals surface area contributed by atoms with Gasteiger partial charge >= 0.3 is 8.41 Å². The lowest BCUT2D eigenvalue weighted by Gasteiger charge is -2.27. The Bertz CT molecular complexity index is 1170. The van der Waals surface area contributed by atoms with Crippen LogP contribution in [0.25, 0.3) is 21.5 Å². The first-order chi connectivity index (χ1) is 13.8. The van der Waals surface area contributed by atoms with Crippen molar-refractivity contribution in [3.05, 3.63) is 115 Å². The minimum Gasteiger partial charge on any atom is -0.296 e. The Hall–Kier alpha value is -3.23. The van der Waals surface area contributed by atoms with Crippen LogP contribution in [0, 0.1) is 0 Å². The van der Waals surface area contributed by atoms with Gasteiger partial charge < -0.3 is 0 Å². The molecule has 0 fully saturated rings. The van der Waals surface area contributed by atoms with E-state index in [9.17, 15) is 0 Å². The van der Waals surface area contributed by atoms with E-state index in [1.54, 1.807) is 0 Å². The van der Waals surface area contributed by atoms with E-state index < -0.39 is 8.41 Å². The molecular weight excluding hydrogens is 359 g/mol. The third-order valence-electron chi connectivity index (χ3n) is 5.46. The fraction of sp³-hybridized carbons (Fsp3) is 0. The summed E-state index contributed by atoms with van der Waals surface area (Å²) in [5.41, 5.74) is 0. The molecule has 0 unspecified atom stereocenters. The molecule has 0 bridgehead atoms. The Morgan fingerprint density at radius 1 is 0.464 bits per heavy atom. The van der Waals surface area contributed by atoms with Crippen molar-refractivity contribution >= 4 is 45.5 Å². The zero-order valence-corrected chi connectivity index (χ0v) is 16.3. The highest BCUT2D eigenvalue weighted by Crippen LogP contribution is 2.25. The number of halogens is 1. The van der Waals surface area contributed by atoms with Gasteiger partial charge in [-0.1, -0.05) is 109 Å². The van der Waals surface area contributed by atoms with E-state index >= 15 is 4.11 Å². The third kappa shape index (κ3) is 2.57. The minimum atomic E-state index is -3.71. The van der Waals surface area contributed by atoms with Gasteiger partial charge in [-0.25, -0.2) is 0 Å². The van der Waals surface area contributed by atoms with Crippen LogP contribution < -0.4 is 15.6 Å². The van der Waals surface area contributed by atoms with Crippen molar-refractivity contribution in [3.63, 3.8) is 0 Å². The molecule has 0 atom stereocenters. The van der Waals surface area contributed by atoms with Gasteiger partial charge in [0.25, 0.3) is 0 Å². The molecule has 134 valence electrons. The number of hydrogen-bond donors (Lipinski definition) is 0. The maximum atomic E-state index is 17.6. The Morgan fingerprint density at radius 2 is 0.857 bits per heavy atom. The van der Waals surface area contributed by atoms with Gasteiger partial charge in [0.15, 0.2) is 0 Å². The number of benzene rings is 5. The van der Waals surface area contributed by atoms with Gasteiger partial charge in [0.1, 0.15) is 0 Å². The molecule has 0 aliphatic heterocycles. The molecule has 0 aromatic heterocycles. The van der Waals surface area contributed by atoms with E-state index in [1.807, 2.05) is 84.9 Å². The smallest absolute Gasteiger partial charge is 0.296 e. The van der Waals surface area contributed by atoms with E-state index in [0.29, 0.717) is 0 Å². The summed E-state index contributed by atoms with van der Waals surface area (Å²) in [5.74, 6) is 0. The van der Waals surface area contributed by atoms with Gasteiger partial charge in [-0.2, -0.15) is 0 Å². The summed E-state index contributed by atoms with van der Waals surface area (Å²) >= 11 is 0. The molecule has 0 aliphatic rings. The van der Waals surface area contributed by atoms with Crippen molar-refractivity contribution in [2.24, 2.45) is 0 Å². The Balaban J connectivity index is 1.99. The van der Waals surface area contributed by atoms with Crippen LogP contribution in [0.3, 0.4) is 0 Å². The van der Waals surface area contributed by atoms with Crippen molar-refractivity contribution in [1.82, 2.24) is 0 Å². The molecule has 0 nitrogen and oxygen atoms in total. The Morgan fingerprint density at radius 3 is 1.32 bits per heavy atom. The molecule has 0 saturated carbocycles.